The first-order valence-electron chi connectivity index (χ1n) is 4.23. The Morgan fingerprint density at radius 3 is 2.45 bits per heavy atom. The smallest absolute Gasteiger partial charge is 0.0700 e. The minimum absolute atomic E-state index is 0.0791. The van der Waals surface area contributed by atoms with E-state index in [1.165, 1.54) is 0 Å². The van der Waals surface area contributed by atoms with E-state index in [0.29, 0.717) is 6.04 Å². The summed E-state index contributed by atoms with van der Waals surface area (Å²) >= 11 is 0. The van der Waals surface area contributed by atoms with Gasteiger partial charge in [-0.2, -0.15) is 5.26 Å². The molecule has 0 aromatic carbocycles. The van der Waals surface area contributed by atoms with Gasteiger partial charge in [-0.15, -0.1) is 0 Å². The van der Waals surface area contributed by atoms with Crippen molar-refractivity contribution in [1.29, 1.82) is 5.26 Å². The molecular weight excluding hydrogens is 136 g/mol. The average Bonchev–Trinajstić information content (AvgIpc) is 2.33. The highest BCUT2D eigenvalue weighted by Gasteiger charge is 2.34. The topological polar surface area (TPSA) is 27.0 Å². The molecule has 0 aliphatic carbocycles. The van der Waals surface area contributed by atoms with Crippen LogP contribution in [0.25, 0.3) is 0 Å². The van der Waals surface area contributed by atoms with Crippen LogP contribution in [0.1, 0.15) is 27.2 Å². The van der Waals surface area contributed by atoms with Gasteiger partial charge in [-0.1, -0.05) is 0 Å². The van der Waals surface area contributed by atoms with Crippen molar-refractivity contribution >= 4 is 0 Å². The van der Waals surface area contributed by atoms with Crippen LogP contribution in [0, 0.1) is 16.7 Å². The van der Waals surface area contributed by atoms with Gasteiger partial charge in [0.15, 0.2) is 0 Å². The van der Waals surface area contributed by atoms with E-state index in [1.807, 2.05) is 0 Å². The zero-order valence-electron chi connectivity index (χ0n) is 7.59. The summed E-state index contributed by atoms with van der Waals surface area (Å²) < 4.78 is 0. The second kappa shape index (κ2) is 2.83. The third-order valence-corrected chi connectivity index (χ3v) is 2.50. The fourth-order valence-electron chi connectivity index (χ4n) is 1.53. The molecule has 1 aliphatic heterocycles. The van der Waals surface area contributed by atoms with Crippen LogP contribution >= 0.6 is 0 Å². The molecule has 62 valence electrons. The molecule has 1 unspecified atom stereocenters. The van der Waals surface area contributed by atoms with Crippen molar-refractivity contribution < 1.29 is 0 Å². The molecule has 1 rings (SSSR count). The third kappa shape index (κ3) is 1.72. The van der Waals surface area contributed by atoms with Crippen LogP contribution < -0.4 is 0 Å². The first kappa shape index (κ1) is 8.55. The van der Waals surface area contributed by atoms with Crippen molar-refractivity contribution in [1.82, 2.24) is 4.90 Å². The number of hydrogen-bond donors (Lipinski definition) is 0. The first-order chi connectivity index (χ1) is 5.07. The predicted molar refractivity (Wildman–Crippen MR) is 45.0 cm³/mol. The van der Waals surface area contributed by atoms with Gasteiger partial charge in [0.2, 0.25) is 0 Å². The number of nitriles is 1. The Balaban J connectivity index is 2.55. The van der Waals surface area contributed by atoms with Crippen LogP contribution in [0.5, 0.6) is 0 Å². The standard InChI is InChI=1S/C9H16N2/c1-8(2)11-5-4-9(3,6-10)7-11/h8H,4-5,7H2,1-3H3. The highest BCUT2D eigenvalue weighted by atomic mass is 15.2. The molecule has 1 aliphatic rings. The summed E-state index contributed by atoms with van der Waals surface area (Å²) in [7, 11) is 0. The lowest BCUT2D eigenvalue weighted by atomic mass is 9.92. The Bertz CT molecular complexity index is 180. The lowest BCUT2D eigenvalue weighted by molar-refractivity contribution is 0.255. The Morgan fingerprint density at radius 1 is 1.55 bits per heavy atom. The molecule has 0 N–H and O–H groups in total. The predicted octanol–water partition coefficient (Wildman–Crippen LogP) is 1.63. The summed E-state index contributed by atoms with van der Waals surface area (Å²) in [5.41, 5.74) is -0.0791. The van der Waals surface area contributed by atoms with Gasteiger partial charge in [-0.05, 0) is 27.2 Å². The summed E-state index contributed by atoms with van der Waals surface area (Å²) in [4.78, 5) is 2.36. The van der Waals surface area contributed by atoms with Gasteiger partial charge in [0.05, 0.1) is 11.5 Å². The van der Waals surface area contributed by atoms with E-state index in [4.69, 9.17) is 5.26 Å². The van der Waals surface area contributed by atoms with Crippen molar-refractivity contribution in [2.45, 2.75) is 33.2 Å². The summed E-state index contributed by atoms with van der Waals surface area (Å²) in [6.45, 7) is 8.45. The summed E-state index contributed by atoms with van der Waals surface area (Å²) in [5, 5.41) is 8.85. The van der Waals surface area contributed by atoms with Crippen LogP contribution in [0.4, 0.5) is 0 Å². The van der Waals surface area contributed by atoms with E-state index in [9.17, 15) is 0 Å². The van der Waals surface area contributed by atoms with Crippen LogP contribution in [-0.2, 0) is 0 Å². The quantitative estimate of drug-likeness (QED) is 0.571. The zero-order chi connectivity index (χ0) is 8.48. The molecule has 0 spiro atoms. The van der Waals surface area contributed by atoms with Gasteiger partial charge in [0.25, 0.3) is 0 Å². The number of likely N-dealkylation sites (tertiary alicyclic amines) is 1. The van der Waals surface area contributed by atoms with E-state index in [2.05, 4.69) is 31.7 Å². The molecule has 11 heavy (non-hydrogen) atoms. The van der Waals surface area contributed by atoms with E-state index < -0.39 is 0 Å². The van der Waals surface area contributed by atoms with Crippen molar-refractivity contribution in [3.63, 3.8) is 0 Å². The summed E-state index contributed by atoms with van der Waals surface area (Å²) in [6, 6.07) is 2.97. The van der Waals surface area contributed by atoms with E-state index >= 15 is 0 Å². The van der Waals surface area contributed by atoms with E-state index in [-0.39, 0.29) is 5.41 Å². The van der Waals surface area contributed by atoms with Crippen molar-refractivity contribution in [2.75, 3.05) is 13.1 Å². The molecule has 1 saturated heterocycles. The van der Waals surface area contributed by atoms with Gasteiger partial charge < -0.3 is 0 Å². The maximum atomic E-state index is 8.85. The largest absolute Gasteiger partial charge is 0.299 e. The minimum Gasteiger partial charge on any atom is -0.299 e. The summed E-state index contributed by atoms with van der Waals surface area (Å²) in [5.74, 6) is 0. The molecule has 1 heterocycles. The van der Waals surface area contributed by atoms with Crippen LogP contribution in [0.3, 0.4) is 0 Å². The Hall–Kier alpha value is -0.550. The SMILES string of the molecule is CC(C)N1CCC(C)(C#N)C1. The molecule has 0 saturated carbocycles. The molecular formula is C9H16N2. The van der Waals surface area contributed by atoms with Crippen molar-refractivity contribution in [3.8, 4) is 6.07 Å². The highest BCUT2D eigenvalue weighted by Crippen LogP contribution is 2.29. The van der Waals surface area contributed by atoms with Crippen LogP contribution in [0.2, 0.25) is 0 Å². The van der Waals surface area contributed by atoms with Crippen molar-refractivity contribution in [3.05, 3.63) is 0 Å². The fraction of sp³-hybridized carbons (Fsp3) is 0.889. The second-order valence-electron chi connectivity index (χ2n) is 3.99. The Morgan fingerprint density at radius 2 is 2.18 bits per heavy atom. The molecule has 2 heteroatoms. The van der Waals surface area contributed by atoms with E-state index in [0.717, 1.165) is 19.5 Å². The second-order valence-corrected chi connectivity index (χ2v) is 3.99. The molecule has 0 aromatic heterocycles. The summed E-state index contributed by atoms with van der Waals surface area (Å²) in [6.07, 6.45) is 1.03. The van der Waals surface area contributed by atoms with Gasteiger partial charge >= 0.3 is 0 Å². The van der Waals surface area contributed by atoms with Gasteiger partial charge in [-0.3, -0.25) is 4.90 Å². The van der Waals surface area contributed by atoms with Gasteiger partial charge in [0, 0.05) is 19.1 Å². The van der Waals surface area contributed by atoms with E-state index in [1.54, 1.807) is 0 Å². The molecule has 0 radical (unpaired) electrons. The molecule has 2 nitrogen and oxygen atoms in total. The number of hydrogen-bond acceptors (Lipinski definition) is 2. The normalized spacial score (nSPS) is 32.6. The number of rotatable bonds is 1. The van der Waals surface area contributed by atoms with Gasteiger partial charge in [-0.25, -0.2) is 0 Å². The maximum absolute atomic E-state index is 8.85. The molecule has 1 fully saturated rings. The number of nitrogens with zero attached hydrogens (tertiary/aromatic N) is 2. The third-order valence-electron chi connectivity index (χ3n) is 2.50. The van der Waals surface area contributed by atoms with Gasteiger partial charge in [0.1, 0.15) is 0 Å². The van der Waals surface area contributed by atoms with Crippen LogP contribution in [-0.4, -0.2) is 24.0 Å². The monoisotopic (exact) mass is 152 g/mol. The lowest BCUT2D eigenvalue weighted by Crippen LogP contribution is -2.30. The van der Waals surface area contributed by atoms with Crippen LogP contribution in [0.15, 0.2) is 0 Å². The molecule has 0 aromatic rings. The first-order valence-corrected chi connectivity index (χ1v) is 4.23. The highest BCUT2D eigenvalue weighted by molar-refractivity contribution is 5.02. The maximum Gasteiger partial charge on any atom is 0.0700 e. The van der Waals surface area contributed by atoms with Crippen molar-refractivity contribution in [2.24, 2.45) is 5.41 Å². The Kier molecular flexibility index (Phi) is 2.20. The molecule has 1 atom stereocenters. The lowest BCUT2D eigenvalue weighted by Gasteiger charge is -2.21. The Labute approximate surface area is 68.8 Å². The fourth-order valence-corrected chi connectivity index (χ4v) is 1.53. The zero-order valence-corrected chi connectivity index (χ0v) is 7.59. The molecule has 0 amide bonds. The average molecular weight is 152 g/mol. The molecule has 0 bridgehead atoms. The minimum atomic E-state index is -0.0791.